The average Bonchev–Trinajstić information content (AvgIpc) is 3.61. The fraction of sp³-hybridized carbons (Fsp3) is 0.529. The first-order valence-electron chi connectivity index (χ1n) is 15.7. The predicted octanol–water partition coefficient (Wildman–Crippen LogP) is 5.06. The molecule has 0 saturated carbocycles. The minimum atomic E-state index is -0.784. The summed E-state index contributed by atoms with van der Waals surface area (Å²) >= 11 is 0. The Morgan fingerprint density at radius 2 is 1.59 bits per heavy atom. The molecule has 2 N–H and O–H groups in total. The molecular formula is C34H46N4O6. The Bertz CT molecular complexity index is 1290. The number of nitrogens with zero attached hydrogens (tertiary/aromatic N) is 2. The molecule has 1 unspecified atom stereocenters. The highest BCUT2D eigenvalue weighted by Crippen LogP contribution is 2.44. The molecule has 4 rings (SSSR count). The molecule has 2 aliphatic rings. The number of carbonyl (C=O) groups is 4. The van der Waals surface area contributed by atoms with Crippen molar-refractivity contribution in [2.45, 2.75) is 83.9 Å². The number of rotatable bonds is 11. The Kier molecular flexibility index (Phi) is 10.9. The lowest BCUT2D eigenvalue weighted by molar-refractivity contribution is -0.137. The summed E-state index contributed by atoms with van der Waals surface area (Å²) in [5.74, 6) is -0.593. The van der Waals surface area contributed by atoms with Crippen LogP contribution in [0.15, 0.2) is 48.5 Å². The highest BCUT2D eigenvalue weighted by atomic mass is 16.6. The summed E-state index contributed by atoms with van der Waals surface area (Å²) in [7, 11) is 0. The number of nitrogens with one attached hydrogen (secondary N) is 2. The maximum absolute atomic E-state index is 13.3. The number of hydrogen-bond donors (Lipinski definition) is 2. The fourth-order valence-electron chi connectivity index (χ4n) is 6.01. The highest BCUT2D eigenvalue weighted by molar-refractivity contribution is 5.91. The Morgan fingerprint density at radius 3 is 2.18 bits per heavy atom. The largest absolute Gasteiger partial charge is 0.449 e. The van der Waals surface area contributed by atoms with Crippen LogP contribution in [0.2, 0.25) is 0 Å². The monoisotopic (exact) mass is 606 g/mol. The molecule has 2 aromatic carbocycles. The van der Waals surface area contributed by atoms with Crippen molar-refractivity contribution in [3.63, 3.8) is 0 Å². The molecule has 2 aromatic rings. The van der Waals surface area contributed by atoms with E-state index in [9.17, 15) is 19.2 Å². The number of hydrogen-bond acceptors (Lipinski definition) is 6. The van der Waals surface area contributed by atoms with Gasteiger partial charge in [-0.05, 0) is 82.6 Å². The number of likely N-dealkylation sites (tertiary alicyclic amines) is 1. The molecule has 0 radical (unpaired) electrons. The molecule has 1 fully saturated rings. The molecule has 0 spiro atoms. The quantitative estimate of drug-likeness (QED) is 0.346. The number of carbonyl (C=O) groups excluding carboxylic acids is 4. The SMILES string of the molecule is CCN(CC)C(=O)C(CCCNC(=O)OCC1c2ccccc2-c2ccccc21)NC(=O)[C@@H]1CCCN1C(=O)OC(C)(C)C. The van der Waals surface area contributed by atoms with E-state index in [1.165, 1.54) is 4.90 Å². The van der Waals surface area contributed by atoms with Gasteiger partial charge in [0, 0.05) is 32.1 Å². The molecule has 0 bridgehead atoms. The van der Waals surface area contributed by atoms with Crippen LogP contribution in [-0.4, -0.2) is 84.3 Å². The van der Waals surface area contributed by atoms with Gasteiger partial charge in [-0.3, -0.25) is 14.5 Å². The number of amides is 4. The maximum atomic E-state index is 13.3. The summed E-state index contributed by atoms with van der Waals surface area (Å²) in [6, 6.07) is 14.8. The van der Waals surface area contributed by atoms with Gasteiger partial charge in [0.05, 0.1) is 0 Å². The zero-order valence-corrected chi connectivity index (χ0v) is 26.6. The molecule has 238 valence electrons. The van der Waals surface area contributed by atoms with Crippen LogP contribution in [0, 0.1) is 0 Å². The third kappa shape index (κ3) is 7.89. The first-order chi connectivity index (χ1) is 21.0. The van der Waals surface area contributed by atoms with Crippen molar-refractivity contribution in [2.75, 3.05) is 32.8 Å². The summed E-state index contributed by atoms with van der Waals surface area (Å²) < 4.78 is 11.1. The van der Waals surface area contributed by atoms with Crippen LogP contribution >= 0.6 is 0 Å². The summed E-state index contributed by atoms with van der Waals surface area (Å²) in [4.78, 5) is 55.1. The van der Waals surface area contributed by atoms with Crippen LogP contribution in [0.5, 0.6) is 0 Å². The molecule has 10 nitrogen and oxygen atoms in total. The molecule has 1 aliphatic carbocycles. The number of alkyl carbamates (subject to hydrolysis) is 1. The van der Waals surface area contributed by atoms with E-state index >= 15 is 0 Å². The van der Waals surface area contributed by atoms with Crippen LogP contribution in [0.1, 0.15) is 77.3 Å². The smallest absolute Gasteiger partial charge is 0.410 e. The molecule has 4 amide bonds. The minimum Gasteiger partial charge on any atom is -0.449 e. The van der Waals surface area contributed by atoms with Crippen LogP contribution in [0.25, 0.3) is 11.1 Å². The van der Waals surface area contributed by atoms with Gasteiger partial charge in [-0.25, -0.2) is 9.59 Å². The minimum absolute atomic E-state index is 0.0322. The molecule has 2 atom stereocenters. The lowest BCUT2D eigenvalue weighted by atomic mass is 9.98. The molecule has 44 heavy (non-hydrogen) atoms. The molecule has 1 saturated heterocycles. The van der Waals surface area contributed by atoms with Crippen molar-refractivity contribution in [3.8, 4) is 11.1 Å². The Morgan fingerprint density at radius 1 is 0.977 bits per heavy atom. The van der Waals surface area contributed by atoms with E-state index in [1.807, 2.05) is 38.1 Å². The topological polar surface area (TPSA) is 117 Å². The van der Waals surface area contributed by atoms with Crippen molar-refractivity contribution in [1.82, 2.24) is 20.4 Å². The van der Waals surface area contributed by atoms with Crippen molar-refractivity contribution < 1.29 is 28.7 Å². The van der Waals surface area contributed by atoms with Gasteiger partial charge in [-0.1, -0.05) is 48.5 Å². The van der Waals surface area contributed by atoms with Gasteiger partial charge >= 0.3 is 12.2 Å². The van der Waals surface area contributed by atoms with Crippen molar-refractivity contribution in [1.29, 1.82) is 0 Å². The zero-order valence-electron chi connectivity index (χ0n) is 26.6. The van der Waals surface area contributed by atoms with Crippen molar-refractivity contribution in [3.05, 3.63) is 59.7 Å². The summed E-state index contributed by atoms with van der Waals surface area (Å²) in [5, 5.41) is 5.69. The van der Waals surface area contributed by atoms with Crippen LogP contribution < -0.4 is 10.6 Å². The van der Waals surface area contributed by atoms with Gasteiger partial charge < -0.3 is 25.0 Å². The van der Waals surface area contributed by atoms with Gasteiger partial charge in [0.15, 0.2) is 0 Å². The van der Waals surface area contributed by atoms with Crippen molar-refractivity contribution in [2.24, 2.45) is 0 Å². The van der Waals surface area contributed by atoms with Gasteiger partial charge in [0.25, 0.3) is 0 Å². The summed E-state index contributed by atoms with van der Waals surface area (Å²) in [6.45, 7) is 11.1. The summed E-state index contributed by atoms with van der Waals surface area (Å²) in [5.41, 5.74) is 3.93. The van der Waals surface area contributed by atoms with E-state index in [4.69, 9.17) is 9.47 Å². The summed E-state index contributed by atoms with van der Waals surface area (Å²) in [6.07, 6.45) is 0.888. The molecule has 1 heterocycles. The second-order valence-corrected chi connectivity index (χ2v) is 12.3. The van der Waals surface area contributed by atoms with Gasteiger partial charge in [-0.2, -0.15) is 0 Å². The molecule has 0 aromatic heterocycles. The van der Waals surface area contributed by atoms with E-state index < -0.39 is 29.9 Å². The average molecular weight is 607 g/mol. The third-order valence-electron chi connectivity index (χ3n) is 8.16. The van der Waals surface area contributed by atoms with E-state index in [-0.39, 0.29) is 30.9 Å². The second kappa shape index (κ2) is 14.6. The van der Waals surface area contributed by atoms with E-state index in [0.29, 0.717) is 45.3 Å². The molecule has 1 aliphatic heterocycles. The first-order valence-corrected chi connectivity index (χ1v) is 15.7. The lowest BCUT2D eigenvalue weighted by Gasteiger charge is -2.30. The van der Waals surface area contributed by atoms with Crippen LogP contribution in [0.4, 0.5) is 9.59 Å². The normalized spacial score (nSPS) is 16.5. The van der Waals surface area contributed by atoms with Crippen molar-refractivity contribution >= 4 is 24.0 Å². The number of likely N-dealkylation sites (N-methyl/N-ethyl adjacent to an activating group) is 1. The lowest BCUT2D eigenvalue weighted by Crippen LogP contribution is -2.54. The van der Waals surface area contributed by atoms with Gasteiger partial charge in [0.2, 0.25) is 11.8 Å². The van der Waals surface area contributed by atoms with E-state index in [1.54, 1.807) is 25.7 Å². The van der Waals surface area contributed by atoms with Gasteiger partial charge in [0.1, 0.15) is 24.3 Å². The number of ether oxygens (including phenoxy) is 2. The maximum Gasteiger partial charge on any atom is 0.410 e. The first kappa shape index (κ1) is 32.8. The highest BCUT2D eigenvalue weighted by Gasteiger charge is 2.38. The number of benzene rings is 2. The van der Waals surface area contributed by atoms with Crippen LogP contribution in [0.3, 0.4) is 0 Å². The van der Waals surface area contributed by atoms with Gasteiger partial charge in [-0.15, -0.1) is 0 Å². The Hall–Kier alpha value is -4.08. The standard InChI is InChI=1S/C34H46N4O6/c1-6-37(7-2)31(40)28(36-30(39)29-19-13-21-38(29)33(42)44-34(3,4)5)18-12-20-35-32(41)43-22-27-25-16-10-8-14-23(25)24-15-9-11-17-26(24)27/h8-11,14-17,27-29H,6-7,12-13,18-22H2,1-5H3,(H,35,41)(H,36,39)/t28?,29-/m0/s1. The Labute approximate surface area is 260 Å². The van der Waals surface area contributed by atoms with E-state index in [2.05, 4.69) is 34.9 Å². The fourth-order valence-corrected chi connectivity index (χ4v) is 6.01. The molecular weight excluding hydrogens is 560 g/mol. The Balaban J connectivity index is 1.31. The zero-order chi connectivity index (χ0) is 31.9. The third-order valence-corrected chi connectivity index (χ3v) is 8.16. The second-order valence-electron chi connectivity index (χ2n) is 12.3. The number of fused-ring (bicyclic) bond motifs is 3. The van der Waals surface area contributed by atoms with E-state index in [0.717, 1.165) is 22.3 Å². The molecule has 10 heteroatoms. The predicted molar refractivity (Wildman–Crippen MR) is 168 cm³/mol. The van der Waals surface area contributed by atoms with Crippen LogP contribution in [-0.2, 0) is 19.1 Å².